The van der Waals surface area contributed by atoms with E-state index in [4.69, 9.17) is 0 Å². The molecule has 1 unspecified atom stereocenters. The van der Waals surface area contributed by atoms with Crippen LogP contribution in [0.25, 0.3) is 0 Å². The van der Waals surface area contributed by atoms with E-state index in [1.807, 2.05) is 0 Å². The molecule has 0 aliphatic heterocycles. The lowest BCUT2D eigenvalue weighted by atomic mass is 10.1. The van der Waals surface area contributed by atoms with Gasteiger partial charge in [0, 0.05) is 12.1 Å². The topological polar surface area (TPSA) is 49.3 Å². The van der Waals surface area contributed by atoms with Crippen LogP contribution in [0.3, 0.4) is 0 Å². The summed E-state index contributed by atoms with van der Waals surface area (Å²) >= 11 is 0. The zero-order valence-corrected chi connectivity index (χ0v) is 8.13. The average Bonchev–Trinajstić information content (AvgIpc) is 2.21. The molecule has 0 spiro atoms. The van der Waals surface area contributed by atoms with Crippen LogP contribution in [-0.4, -0.2) is 30.6 Å². The van der Waals surface area contributed by atoms with Crippen LogP contribution >= 0.6 is 0 Å². The van der Waals surface area contributed by atoms with E-state index in [9.17, 15) is 18.7 Å². The zero-order valence-electron chi connectivity index (χ0n) is 8.13. The first kappa shape index (κ1) is 11.7. The van der Waals surface area contributed by atoms with E-state index < -0.39 is 23.5 Å². The smallest absolute Gasteiger partial charge is 0.192 e. The molecule has 5 heteroatoms. The number of carbonyl (C=O) groups is 1. The molecule has 0 heterocycles. The number of ketones is 1. The number of aliphatic hydroxyl groups excluding tert-OH is 1. The maximum Gasteiger partial charge on any atom is 0.192 e. The zero-order chi connectivity index (χ0) is 11.4. The van der Waals surface area contributed by atoms with Gasteiger partial charge in [-0.05, 0) is 25.2 Å². The summed E-state index contributed by atoms with van der Waals surface area (Å²) in [6.07, 6.45) is -1.25. The quantitative estimate of drug-likeness (QED) is 0.728. The molecule has 3 nitrogen and oxygen atoms in total. The molecule has 15 heavy (non-hydrogen) atoms. The van der Waals surface area contributed by atoms with E-state index in [0.717, 1.165) is 18.2 Å². The number of Topliss-reactive ketones (excluding diaryl/α,β-unsaturated/α-hetero) is 1. The van der Waals surface area contributed by atoms with Gasteiger partial charge in [0.05, 0.1) is 0 Å². The molecule has 0 amide bonds. The second-order valence-electron chi connectivity index (χ2n) is 3.07. The third-order valence-corrected chi connectivity index (χ3v) is 1.90. The number of halogens is 2. The van der Waals surface area contributed by atoms with Gasteiger partial charge in [-0.1, -0.05) is 0 Å². The number of rotatable bonds is 4. The largest absolute Gasteiger partial charge is 0.384 e. The highest BCUT2D eigenvalue weighted by atomic mass is 19.2. The molecule has 1 aromatic carbocycles. The standard InChI is InChI=1S/C10H11F2NO2/c1-13-5-9(14)10(15)6-2-3-7(11)8(12)4-6/h2-4,9,13-14H,5H2,1H3. The summed E-state index contributed by atoms with van der Waals surface area (Å²) in [5, 5.41) is 11.9. The Morgan fingerprint density at radius 1 is 1.47 bits per heavy atom. The van der Waals surface area contributed by atoms with Crippen molar-refractivity contribution in [2.24, 2.45) is 0 Å². The molecule has 0 aromatic heterocycles. The molecule has 0 saturated heterocycles. The first-order chi connectivity index (χ1) is 7.06. The lowest BCUT2D eigenvalue weighted by Gasteiger charge is -2.08. The maximum atomic E-state index is 12.8. The number of benzene rings is 1. The molecule has 1 aromatic rings. The minimum atomic E-state index is -1.25. The Kier molecular flexibility index (Phi) is 3.88. The minimum absolute atomic E-state index is 0.0448. The van der Waals surface area contributed by atoms with Crippen LogP contribution < -0.4 is 5.32 Å². The monoisotopic (exact) mass is 215 g/mol. The first-order valence-electron chi connectivity index (χ1n) is 4.38. The normalized spacial score (nSPS) is 12.5. The predicted molar refractivity (Wildman–Crippen MR) is 50.6 cm³/mol. The van der Waals surface area contributed by atoms with Crippen molar-refractivity contribution in [1.82, 2.24) is 5.32 Å². The predicted octanol–water partition coefficient (Wildman–Crippen LogP) is 0.728. The van der Waals surface area contributed by atoms with Crippen LogP contribution in [0, 0.1) is 11.6 Å². The number of carbonyl (C=O) groups excluding carboxylic acids is 1. The molecule has 2 N–H and O–H groups in total. The average molecular weight is 215 g/mol. The van der Waals surface area contributed by atoms with Crippen molar-refractivity contribution in [3.05, 3.63) is 35.4 Å². The lowest BCUT2D eigenvalue weighted by molar-refractivity contribution is 0.0750. The highest BCUT2D eigenvalue weighted by molar-refractivity contribution is 5.99. The molecule has 82 valence electrons. The van der Waals surface area contributed by atoms with Gasteiger partial charge in [0.1, 0.15) is 6.10 Å². The fourth-order valence-electron chi connectivity index (χ4n) is 1.13. The van der Waals surface area contributed by atoms with Crippen LogP contribution in [0.5, 0.6) is 0 Å². The van der Waals surface area contributed by atoms with Gasteiger partial charge in [0.2, 0.25) is 0 Å². The van der Waals surface area contributed by atoms with E-state index in [-0.39, 0.29) is 12.1 Å². The van der Waals surface area contributed by atoms with E-state index in [1.54, 1.807) is 7.05 Å². The molecule has 0 fully saturated rings. The maximum absolute atomic E-state index is 12.8. The summed E-state index contributed by atoms with van der Waals surface area (Å²) in [5.74, 6) is -2.75. The summed E-state index contributed by atoms with van der Waals surface area (Å²) in [4.78, 5) is 11.4. The molecular weight excluding hydrogens is 204 g/mol. The van der Waals surface area contributed by atoms with Crippen LogP contribution in [0.2, 0.25) is 0 Å². The van der Waals surface area contributed by atoms with E-state index in [0.29, 0.717) is 0 Å². The molecule has 1 atom stereocenters. The third-order valence-electron chi connectivity index (χ3n) is 1.90. The Balaban J connectivity index is 2.87. The summed E-state index contributed by atoms with van der Waals surface area (Å²) in [6, 6.07) is 2.77. The van der Waals surface area contributed by atoms with Crippen molar-refractivity contribution in [3.8, 4) is 0 Å². The van der Waals surface area contributed by atoms with Gasteiger partial charge in [0.25, 0.3) is 0 Å². The second-order valence-corrected chi connectivity index (χ2v) is 3.07. The van der Waals surface area contributed by atoms with Crippen LogP contribution in [0.1, 0.15) is 10.4 Å². The van der Waals surface area contributed by atoms with Crippen LogP contribution in [0.4, 0.5) is 8.78 Å². The SMILES string of the molecule is CNCC(O)C(=O)c1ccc(F)c(F)c1. The number of nitrogens with one attached hydrogen (secondary N) is 1. The van der Waals surface area contributed by atoms with Crippen LogP contribution in [-0.2, 0) is 0 Å². The van der Waals surface area contributed by atoms with Gasteiger partial charge in [-0.2, -0.15) is 0 Å². The fraction of sp³-hybridized carbons (Fsp3) is 0.300. The summed E-state index contributed by atoms with van der Waals surface area (Å²) in [5.41, 5.74) is -0.0448. The van der Waals surface area contributed by atoms with Crippen molar-refractivity contribution in [3.63, 3.8) is 0 Å². The number of likely N-dealkylation sites (N-methyl/N-ethyl adjacent to an activating group) is 1. The van der Waals surface area contributed by atoms with E-state index in [1.165, 1.54) is 0 Å². The van der Waals surface area contributed by atoms with Gasteiger partial charge in [-0.15, -0.1) is 0 Å². The van der Waals surface area contributed by atoms with Crippen molar-refractivity contribution >= 4 is 5.78 Å². The third kappa shape index (κ3) is 2.81. The van der Waals surface area contributed by atoms with Gasteiger partial charge in [0.15, 0.2) is 17.4 Å². The van der Waals surface area contributed by atoms with Crippen LogP contribution in [0.15, 0.2) is 18.2 Å². The minimum Gasteiger partial charge on any atom is -0.384 e. The van der Waals surface area contributed by atoms with Gasteiger partial charge in [-0.25, -0.2) is 8.78 Å². The molecule has 0 saturated carbocycles. The fourth-order valence-corrected chi connectivity index (χ4v) is 1.13. The van der Waals surface area contributed by atoms with Crippen molar-refractivity contribution in [2.45, 2.75) is 6.10 Å². The number of hydrogen-bond acceptors (Lipinski definition) is 3. The summed E-state index contributed by atoms with van der Waals surface area (Å²) < 4.78 is 25.3. The molecule has 0 bridgehead atoms. The molecule has 1 rings (SSSR count). The lowest BCUT2D eigenvalue weighted by Crippen LogP contribution is -2.31. The Bertz CT molecular complexity index is 368. The Morgan fingerprint density at radius 3 is 2.67 bits per heavy atom. The number of aliphatic hydroxyl groups is 1. The van der Waals surface area contributed by atoms with Crippen molar-refractivity contribution < 1.29 is 18.7 Å². The summed E-state index contributed by atoms with van der Waals surface area (Å²) in [6.45, 7) is 0.0673. The Labute approximate surface area is 85.7 Å². The first-order valence-corrected chi connectivity index (χ1v) is 4.38. The highest BCUT2D eigenvalue weighted by Gasteiger charge is 2.17. The second kappa shape index (κ2) is 4.95. The Hall–Kier alpha value is -1.33. The molecule has 0 aliphatic carbocycles. The van der Waals surface area contributed by atoms with Crippen molar-refractivity contribution in [2.75, 3.05) is 13.6 Å². The summed E-state index contributed by atoms with van der Waals surface area (Å²) in [7, 11) is 1.57. The van der Waals surface area contributed by atoms with E-state index in [2.05, 4.69) is 5.32 Å². The van der Waals surface area contributed by atoms with Gasteiger partial charge in [-0.3, -0.25) is 4.79 Å². The molecule has 0 radical (unpaired) electrons. The molecular formula is C10H11F2NO2. The highest BCUT2D eigenvalue weighted by Crippen LogP contribution is 2.10. The number of hydrogen-bond donors (Lipinski definition) is 2. The molecule has 0 aliphatic rings. The van der Waals surface area contributed by atoms with Gasteiger partial charge < -0.3 is 10.4 Å². The van der Waals surface area contributed by atoms with Gasteiger partial charge >= 0.3 is 0 Å². The van der Waals surface area contributed by atoms with Crippen molar-refractivity contribution in [1.29, 1.82) is 0 Å². The van der Waals surface area contributed by atoms with E-state index >= 15 is 0 Å². The Morgan fingerprint density at radius 2 is 2.13 bits per heavy atom.